The standard InChI is InChI=1S/C13H17N3O4.ClH/c1-20-12-5-4-9(7-11(12)16(18)19)13(17)15-8-10-3-2-6-14-10;/h4-5,7,10,14H,2-3,6,8H2,1H3,(H,15,17);1H. The van der Waals surface area contributed by atoms with Gasteiger partial charge >= 0.3 is 5.69 Å². The van der Waals surface area contributed by atoms with Crippen molar-refractivity contribution in [1.29, 1.82) is 0 Å². The molecule has 1 amide bonds. The number of halogens is 1. The molecule has 2 rings (SSSR count). The summed E-state index contributed by atoms with van der Waals surface area (Å²) in [5, 5.41) is 17.0. The Kier molecular flexibility index (Phi) is 6.39. The molecule has 0 aliphatic carbocycles. The van der Waals surface area contributed by atoms with Gasteiger partial charge in [0.15, 0.2) is 5.75 Å². The number of carbonyl (C=O) groups is 1. The van der Waals surface area contributed by atoms with Gasteiger partial charge in [0.2, 0.25) is 0 Å². The summed E-state index contributed by atoms with van der Waals surface area (Å²) in [6, 6.07) is 4.47. The molecule has 1 heterocycles. The van der Waals surface area contributed by atoms with Crippen molar-refractivity contribution in [2.24, 2.45) is 0 Å². The van der Waals surface area contributed by atoms with E-state index in [4.69, 9.17) is 4.74 Å². The fraction of sp³-hybridized carbons (Fsp3) is 0.462. The Labute approximate surface area is 128 Å². The minimum atomic E-state index is -0.561. The SMILES string of the molecule is COc1ccc(C(=O)NCC2CCCN2)cc1[N+](=O)[O-].Cl. The van der Waals surface area contributed by atoms with Crippen LogP contribution in [0.4, 0.5) is 5.69 Å². The van der Waals surface area contributed by atoms with E-state index >= 15 is 0 Å². The molecular weight excluding hydrogens is 298 g/mol. The van der Waals surface area contributed by atoms with Crippen molar-refractivity contribution in [2.45, 2.75) is 18.9 Å². The van der Waals surface area contributed by atoms with Crippen LogP contribution >= 0.6 is 12.4 Å². The molecule has 1 unspecified atom stereocenters. The average Bonchev–Trinajstić information content (AvgIpc) is 2.97. The highest BCUT2D eigenvalue weighted by molar-refractivity contribution is 5.95. The number of benzene rings is 1. The van der Waals surface area contributed by atoms with Crippen molar-refractivity contribution >= 4 is 24.0 Å². The van der Waals surface area contributed by atoms with Gasteiger partial charge in [-0.25, -0.2) is 0 Å². The second-order valence-electron chi connectivity index (χ2n) is 4.65. The maximum absolute atomic E-state index is 12.0. The van der Waals surface area contributed by atoms with Crippen molar-refractivity contribution < 1.29 is 14.5 Å². The minimum Gasteiger partial charge on any atom is -0.490 e. The van der Waals surface area contributed by atoms with Gasteiger partial charge in [-0.3, -0.25) is 14.9 Å². The lowest BCUT2D eigenvalue weighted by molar-refractivity contribution is -0.385. The van der Waals surface area contributed by atoms with E-state index in [9.17, 15) is 14.9 Å². The lowest BCUT2D eigenvalue weighted by Crippen LogP contribution is -2.37. The highest BCUT2D eigenvalue weighted by atomic mass is 35.5. The number of ether oxygens (including phenoxy) is 1. The van der Waals surface area contributed by atoms with Crippen LogP contribution < -0.4 is 15.4 Å². The first-order valence-electron chi connectivity index (χ1n) is 6.46. The summed E-state index contributed by atoms with van der Waals surface area (Å²) in [6.45, 7) is 1.49. The van der Waals surface area contributed by atoms with E-state index in [-0.39, 0.29) is 41.4 Å². The summed E-state index contributed by atoms with van der Waals surface area (Å²) >= 11 is 0. The molecule has 8 heteroatoms. The molecule has 0 spiro atoms. The number of carbonyl (C=O) groups excluding carboxylic acids is 1. The van der Waals surface area contributed by atoms with Crippen molar-refractivity contribution in [2.75, 3.05) is 20.2 Å². The van der Waals surface area contributed by atoms with Crippen LogP contribution in [-0.4, -0.2) is 37.1 Å². The van der Waals surface area contributed by atoms with Crippen LogP contribution in [0.1, 0.15) is 23.2 Å². The molecule has 21 heavy (non-hydrogen) atoms. The third-order valence-electron chi connectivity index (χ3n) is 3.31. The largest absolute Gasteiger partial charge is 0.490 e. The second kappa shape index (κ2) is 7.80. The monoisotopic (exact) mass is 315 g/mol. The molecule has 0 bridgehead atoms. The number of nitro groups is 1. The molecule has 2 N–H and O–H groups in total. The predicted molar refractivity (Wildman–Crippen MR) is 80.3 cm³/mol. The van der Waals surface area contributed by atoms with Crippen LogP contribution in [0.25, 0.3) is 0 Å². The van der Waals surface area contributed by atoms with Crippen LogP contribution in [0.15, 0.2) is 18.2 Å². The third-order valence-corrected chi connectivity index (χ3v) is 3.31. The second-order valence-corrected chi connectivity index (χ2v) is 4.65. The fourth-order valence-corrected chi connectivity index (χ4v) is 2.22. The molecule has 1 fully saturated rings. The molecule has 7 nitrogen and oxygen atoms in total. The molecular formula is C13H18ClN3O4. The van der Waals surface area contributed by atoms with Crippen molar-refractivity contribution in [1.82, 2.24) is 10.6 Å². The molecule has 0 saturated carbocycles. The highest BCUT2D eigenvalue weighted by Crippen LogP contribution is 2.27. The van der Waals surface area contributed by atoms with Gasteiger partial charge in [-0.2, -0.15) is 0 Å². The summed E-state index contributed by atoms with van der Waals surface area (Å²) in [5.41, 5.74) is 0.0506. The zero-order valence-corrected chi connectivity index (χ0v) is 12.4. The Morgan fingerprint density at radius 1 is 1.57 bits per heavy atom. The molecule has 1 saturated heterocycles. The molecule has 1 aliphatic heterocycles. The van der Waals surface area contributed by atoms with E-state index in [1.165, 1.54) is 25.3 Å². The number of hydrogen-bond donors (Lipinski definition) is 2. The van der Waals surface area contributed by atoms with Gasteiger partial charge in [0, 0.05) is 24.2 Å². The Balaban J connectivity index is 0.00000220. The fourth-order valence-electron chi connectivity index (χ4n) is 2.22. The van der Waals surface area contributed by atoms with E-state index in [2.05, 4.69) is 10.6 Å². The minimum absolute atomic E-state index is 0. The number of nitro benzene ring substituents is 1. The van der Waals surface area contributed by atoms with E-state index in [0.717, 1.165) is 19.4 Å². The first kappa shape index (κ1) is 17.2. The normalized spacial score (nSPS) is 16.9. The van der Waals surface area contributed by atoms with E-state index in [1.807, 2.05) is 0 Å². The van der Waals surface area contributed by atoms with Gasteiger partial charge in [0.25, 0.3) is 5.91 Å². The Morgan fingerprint density at radius 2 is 2.33 bits per heavy atom. The maximum Gasteiger partial charge on any atom is 0.311 e. The number of amides is 1. The van der Waals surface area contributed by atoms with Crippen molar-refractivity contribution in [3.63, 3.8) is 0 Å². The molecule has 0 aromatic heterocycles. The summed E-state index contributed by atoms with van der Waals surface area (Å²) in [4.78, 5) is 22.3. The topological polar surface area (TPSA) is 93.5 Å². The zero-order chi connectivity index (χ0) is 14.5. The van der Waals surface area contributed by atoms with Gasteiger partial charge < -0.3 is 15.4 Å². The van der Waals surface area contributed by atoms with Gasteiger partial charge in [0.1, 0.15) is 0 Å². The van der Waals surface area contributed by atoms with E-state index in [1.54, 1.807) is 0 Å². The Hall–Kier alpha value is -1.86. The highest BCUT2D eigenvalue weighted by Gasteiger charge is 2.19. The number of rotatable bonds is 5. The summed E-state index contributed by atoms with van der Waals surface area (Å²) in [7, 11) is 1.36. The molecule has 1 atom stereocenters. The summed E-state index contributed by atoms with van der Waals surface area (Å²) < 4.78 is 4.90. The Morgan fingerprint density at radius 3 is 2.90 bits per heavy atom. The first-order chi connectivity index (χ1) is 9.61. The quantitative estimate of drug-likeness (QED) is 0.634. The van der Waals surface area contributed by atoms with E-state index in [0.29, 0.717) is 6.54 Å². The number of hydrogen-bond acceptors (Lipinski definition) is 5. The average molecular weight is 316 g/mol. The summed E-state index contributed by atoms with van der Waals surface area (Å²) in [6.07, 6.45) is 2.14. The third kappa shape index (κ3) is 4.30. The van der Waals surface area contributed by atoms with Gasteiger partial charge in [-0.05, 0) is 31.5 Å². The predicted octanol–water partition coefficient (Wildman–Crippen LogP) is 1.51. The van der Waals surface area contributed by atoms with Crippen molar-refractivity contribution in [3.05, 3.63) is 33.9 Å². The van der Waals surface area contributed by atoms with Gasteiger partial charge in [0.05, 0.1) is 12.0 Å². The number of nitrogens with one attached hydrogen (secondary N) is 2. The van der Waals surface area contributed by atoms with E-state index < -0.39 is 4.92 Å². The molecule has 1 aliphatic rings. The summed E-state index contributed by atoms with van der Waals surface area (Å²) in [5.74, 6) is -0.173. The van der Waals surface area contributed by atoms with Gasteiger partial charge in [-0.1, -0.05) is 0 Å². The smallest absolute Gasteiger partial charge is 0.311 e. The van der Waals surface area contributed by atoms with Gasteiger partial charge in [-0.15, -0.1) is 12.4 Å². The van der Waals surface area contributed by atoms with Crippen LogP contribution in [0, 0.1) is 10.1 Å². The van der Waals surface area contributed by atoms with Crippen molar-refractivity contribution in [3.8, 4) is 5.75 Å². The molecule has 116 valence electrons. The van der Waals surface area contributed by atoms with Crippen LogP contribution in [0.5, 0.6) is 5.75 Å². The zero-order valence-electron chi connectivity index (χ0n) is 11.6. The Bertz CT molecular complexity index is 518. The lowest BCUT2D eigenvalue weighted by atomic mass is 10.1. The number of methoxy groups -OCH3 is 1. The van der Waals surface area contributed by atoms with Crippen LogP contribution in [0.2, 0.25) is 0 Å². The molecule has 0 radical (unpaired) electrons. The molecule has 1 aromatic carbocycles. The van der Waals surface area contributed by atoms with Crippen LogP contribution in [0.3, 0.4) is 0 Å². The molecule has 1 aromatic rings. The van der Waals surface area contributed by atoms with Crippen LogP contribution in [-0.2, 0) is 0 Å². The first-order valence-corrected chi connectivity index (χ1v) is 6.46. The lowest BCUT2D eigenvalue weighted by Gasteiger charge is -2.11. The number of nitrogens with zero attached hydrogens (tertiary/aromatic N) is 1. The maximum atomic E-state index is 12.0.